The van der Waals surface area contributed by atoms with Crippen LogP contribution in [0.4, 0.5) is 17.6 Å². The van der Waals surface area contributed by atoms with E-state index in [-0.39, 0.29) is 10.0 Å². The Morgan fingerprint density at radius 2 is 1.81 bits per heavy atom. The van der Waals surface area contributed by atoms with Crippen molar-refractivity contribution in [1.82, 2.24) is 0 Å². The highest BCUT2D eigenvalue weighted by Gasteiger charge is 2.33. The maximum Gasteiger partial charge on any atom is 0.390 e. The fourth-order valence-corrected chi connectivity index (χ4v) is 1.69. The second-order valence-electron chi connectivity index (χ2n) is 3.18. The lowest BCUT2D eigenvalue weighted by molar-refractivity contribution is -0.138. The van der Waals surface area contributed by atoms with E-state index < -0.39 is 30.0 Å². The summed E-state index contributed by atoms with van der Waals surface area (Å²) < 4.78 is 49.5. The summed E-state index contributed by atoms with van der Waals surface area (Å²) in [7, 11) is 0. The summed E-state index contributed by atoms with van der Waals surface area (Å²) in [4.78, 5) is 0. The summed E-state index contributed by atoms with van der Waals surface area (Å²) in [5.74, 6) is -0.897. The number of benzene rings is 1. The molecular weight excluding hydrogens is 269 g/mol. The SMILES string of the molecule is N[C@H](CC(F)(F)F)c1c(F)ccc(Cl)c1Cl. The quantitative estimate of drug-likeness (QED) is 0.639. The van der Waals surface area contributed by atoms with Crippen molar-refractivity contribution in [3.63, 3.8) is 0 Å². The Bertz CT molecular complexity index is 392. The van der Waals surface area contributed by atoms with Gasteiger partial charge in [-0.2, -0.15) is 13.2 Å². The second kappa shape index (κ2) is 4.77. The lowest BCUT2D eigenvalue weighted by Gasteiger charge is -2.17. The first-order chi connectivity index (χ1) is 7.22. The molecule has 0 amide bonds. The molecule has 0 heterocycles. The van der Waals surface area contributed by atoms with Crippen LogP contribution in [-0.4, -0.2) is 6.18 Å². The van der Waals surface area contributed by atoms with E-state index in [2.05, 4.69) is 0 Å². The molecular formula is C9H7Cl2F4N. The van der Waals surface area contributed by atoms with E-state index in [4.69, 9.17) is 28.9 Å². The molecule has 1 aromatic rings. The molecule has 0 saturated heterocycles. The Morgan fingerprint density at radius 3 is 2.31 bits per heavy atom. The minimum Gasteiger partial charge on any atom is -0.324 e. The van der Waals surface area contributed by atoms with E-state index in [0.717, 1.165) is 12.1 Å². The van der Waals surface area contributed by atoms with Gasteiger partial charge in [-0.15, -0.1) is 0 Å². The van der Waals surface area contributed by atoms with Gasteiger partial charge < -0.3 is 5.73 Å². The molecule has 1 nitrogen and oxygen atoms in total. The molecule has 0 bridgehead atoms. The van der Waals surface area contributed by atoms with Crippen LogP contribution in [0.1, 0.15) is 18.0 Å². The summed E-state index contributed by atoms with van der Waals surface area (Å²) in [5.41, 5.74) is 4.84. The van der Waals surface area contributed by atoms with Gasteiger partial charge in [0.2, 0.25) is 0 Å². The van der Waals surface area contributed by atoms with Crippen LogP contribution in [0.2, 0.25) is 10.0 Å². The molecule has 1 atom stereocenters. The van der Waals surface area contributed by atoms with Crippen LogP contribution in [0, 0.1) is 5.82 Å². The highest BCUT2D eigenvalue weighted by Crippen LogP contribution is 2.36. The van der Waals surface area contributed by atoms with E-state index in [1.807, 2.05) is 0 Å². The highest BCUT2D eigenvalue weighted by atomic mass is 35.5. The number of rotatable bonds is 2. The lowest BCUT2D eigenvalue weighted by Crippen LogP contribution is -2.21. The lowest BCUT2D eigenvalue weighted by atomic mass is 10.0. The molecule has 0 radical (unpaired) electrons. The van der Waals surface area contributed by atoms with Gasteiger partial charge in [0.25, 0.3) is 0 Å². The molecule has 0 spiro atoms. The van der Waals surface area contributed by atoms with Crippen molar-refractivity contribution in [3.8, 4) is 0 Å². The molecule has 16 heavy (non-hydrogen) atoms. The van der Waals surface area contributed by atoms with Gasteiger partial charge in [-0.1, -0.05) is 23.2 Å². The molecule has 0 fully saturated rings. The topological polar surface area (TPSA) is 26.0 Å². The Hall–Kier alpha value is -0.520. The van der Waals surface area contributed by atoms with Crippen LogP contribution >= 0.6 is 23.2 Å². The number of alkyl halides is 3. The standard InChI is InChI=1S/C9H7Cl2F4N/c10-4-1-2-5(12)7(8(4)11)6(16)3-9(13,14)15/h1-2,6H,3,16H2/t6-/m1/s1. The zero-order valence-corrected chi connectivity index (χ0v) is 9.30. The third kappa shape index (κ3) is 3.23. The Balaban J connectivity index is 3.08. The molecule has 0 aliphatic heterocycles. The van der Waals surface area contributed by atoms with Crippen LogP contribution in [-0.2, 0) is 0 Å². The van der Waals surface area contributed by atoms with Crippen molar-refractivity contribution < 1.29 is 17.6 Å². The first-order valence-corrected chi connectivity index (χ1v) is 4.93. The molecule has 0 aliphatic rings. The summed E-state index contributed by atoms with van der Waals surface area (Å²) >= 11 is 11.2. The Morgan fingerprint density at radius 1 is 1.25 bits per heavy atom. The molecule has 0 aliphatic carbocycles. The van der Waals surface area contributed by atoms with Gasteiger partial charge >= 0.3 is 6.18 Å². The van der Waals surface area contributed by atoms with Crippen molar-refractivity contribution >= 4 is 23.2 Å². The largest absolute Gasteiger partial charge is 0.390 e. The van der Waals surface area contributed by atoms with Crippen LogP contribution in [0.15, 0.2) is 12.1 Å². The van der Waals surface area contributed by atoms with Gasteiger partial charge in [-0.25, -0.2) is 4.39 Å². The first kappa shape index (κ1) is 13.5. The molecule has 90 valence electrons. The van der Waals surface area contributed by atoms with Crippen molar-refractivity contribution in [1.29, 1.82) is 0 Å². The zero-order chi connectivity index (χ0) is 12.5. The fraction of sp³-hybridized carbons (Fsp3) is 0.333. The minimum atomic E-state index is -4.49. The molecule has 1 rings (SSSR count). The Labute approximate surface area is 99.1 Å². The van der Waals surface area contributed by atoms with Crippen molar-refractivity contribution in [2.24, 2.45) is 5.73 Å². The van der Waals surface area contributed by atoms with Gasteiger partial charge in [0, 0.05) is 11.6 Å². The molecule has 0 unspecified atom stereocenters. The fourth-order valence-electron chi connectivity index (χ4n) is 1.23. The van der Waals surface area contributed by atoms with Crippen LogP contribution in [0.3, 0.4) is 0 Å². The third-order valence-corrected chi connectivity index (χ3v) is 2.72. The summed E-state index contributed by atoms with van der Waals surface area (Å²) in [6.45, 7) is 0. The number of hydrogen-bond donors (Lipinski definition) is 1. The van der Waals surface area contributed by atoms with E-state index >= 15 is 0 Å². The van der Waals surface area contributed by atoms with Crippen LogP contribution < -0.4 is 5.73 Å². The van der Waals surface area contributed by atoms with Crippen molar-refractivity contribution in [2.75, 3.05) is 0 Å². The summed E-state index contributed by atoms with van der Waals surface area (Å²) in [6, 6.07) is 0.522. The van der Waals surface area contributed by atoms with Crippen LogP contribution in [0.25, 0.3) is 0 Å². The van der Waals surface area contributed by atoms with E-state index in [9.17, 15) is 17.6 Å². The summed E-state index contributed by atoms with van der Waals surface area (Å²) in [6.07, 6.45) is -5.85. The molecule has 1 aromatic carbocycles. The van der Waals surface area contributed by atoms with Crippen LogP contribution in [0.5, 0.6) is 0 Å². The monoisotopic (exact) mass is 275 g/mol. The molecule has 0 aromatic heterocycles. The van der Waals surface area contributed by atoms with Gasteiger partial charge in [0.1, 0.15) is 5.82 Å². The predicted octanol–water partition coefficient (Wildman–Crippen LogP) is 4.08. The molecule has 7 heteroatoms. The first-order valence-electron chi connectivity index (χ1n) is 4.18. The zero-order valence-electron chi connectivity index (χ0n) is 7.78. The van der Waals surface area contributed by atoms with Crippen molar-refractivity contribution in [2.45, 2.75) is 18.6 Å². The van der Waals surface area contributed by atoms with Gasteiger partial charge in [-0.3, -0.25) is 0 Å². The Kier molecular flexibility index (Phi) is 4.04. The average molecular weight is 276 g/mol. The smallest absolute Gasteiger partial charge is 0.324 e. The van der Waals surface area contributed by atoms with E-state index in [1.165, 1.54) is 0 Å². The average Bonchev–Trinajstić information content (AvgIpc) is 2.09. The number of hydrogen-bond acceptors (Lipinski definition) is 1. The number of halogens is 6. The molecule has 0 saturated carbocycles. The maximum atomic E-state index is 13.3. The van der Waals surface area contributed by atoms with Gasteiger partial charge in [0.05, 0.1) is 16.5 Å². The van der Waals surface area contributed by atoms with Crippen molar-refractivity contribution in [3.05, 3.63) is 33.6 Å². The second-order valence-corrected chi connectivity index (χ2v) is 3.97. The minimum absolute atomic E-state index is 0.0318. The van der Waals surface area contributed by atoms with Gasteiger partial charge in [-0.05, 0) is 12.1 Å². The third-order valence-electron chi connectivity index (χ3n) is 1.90. The molecule has 2 N–H and O–H groups in total. The summed E-state index contributed by atoms with van der Waals surface area (Å²) in [5, 5.41) is -0.311. The maximum absolute atomic E-state index is 13.3. The number of nitrogens with two attached hydrogens (primary N) is 1. The van der Waals surface area contributed by atoms with E-state index in [1.54, 1.807) is 0 Å². The van der Waals surface area contributed by atoms with E-state index in [0.29, 0.717) is 0 Å². The predicted molar refractivity (Wildman–Crippen MR) is 54.0 cm³/mol. The highest BCUT2D eigenvalue weighted by molar-refractivity contribution is 6.42. The van der Waals surface area contributed by atoms with Gasteiger partial charge in [0.15, 0.2) is 0 Å². The normalized spacial score (nSPS) is 13.9.